The third kappa shape index (κ3) is 4.41. The van der Waals surface area contributed by atoms with E-state index in [1.807, 2.05) is 26.8 Å². The first-order valence-electron chi connectivity index (χ1n) is 11.5. The van der Waals surface area contributed by atoms with Crippen LogP contribution >= 0.6 is 0 Å². The van der Waals surface area contributed by atoms with E-state index < -0.39 is 17.7 Å². The van der Waals surface area contributed by atoms with Crippen LogP contribution in [0.3, 0.4) is 0 Å². The minimum absolute atomic E-state index is 0.0218. The summed E-state index contributed by atoms with van der Waals surface area (Å²) in [7, 11) is 1.50. The Morgan fingerprint density at radius 3 is 2.33 bits per heavy atom. The van der Waals surface area contributed by atoms with E-state index in [1.165, 1.54) is 12.0 Å². The molecule has 1 amide bonds. The van der Waals surface area contributed by atoms with Gasteiger partial charge >= 0.3 is 0 Å². The molecule has 0 bridgehead atoms. The molecule has 7 nitrogen and oxygen atoms in total. The zero-order valence-electron chi connectivity index (χ0n) is 20.5. The van der Waals surface area contributed by atoms with Crippen LogP contribution in [0.15, 0.2) is 72.3 Å². The number of methoxy groups -OCH3 is 1. The molecule has 1 unspecified atom stereocenters. The second-order valence-electron chi connectivity index (χ2n) is 8.72. The van der Waals surface area contributed by atoms with Crippen molar-refractivity contribution in [2.45, 2.75) is 32.9 Å². The van der Waals surface area contributed by atoms with Crippen molar-refractivity contribution >= 4 is 23.1 Å². The van der Waals surface area contributed by atoms with Crippen molar-refractivity contribution in [3.05, 3.63) is 94.6 Å². The molecule has 1 N–H and O–H groups in total. The number of benzene rings is 3. The molecule has 36 heavy (non-hydrogen) atoms. The quantitative estimate of drug-likeness (QED) is 0.291. The Balaban J connectivity index is 1.92. The predicted molar refractivity (Wildman–Crippen MR) is 136 cm³/mol. The summed E-state index contributed by atoms with van der Waals surface area (Å²) in [6, 6.07) is 19.6. The number of nitrogens with zero attached hydrogens (tertiary/aromatic N) is 2. The summed E-state index contributed by atoms with van der Waals surface area (Å²) in [5.74, 6) is -0.757. The van der Waals surface area contributed by atoms with Gasteiger partial charge in [-0.1, -0.05) is 18.2 Å². The molecule has 182 valence electrons. The largest absolute Gasteiger partial charge is 0.507 e. The smallest absolute Gasteiger partial charge is 0.300 e. The Labute approximate surface area is 209 Å². The highest BCUT2D eigenvalue weighted by atomic mass is 16.5. The number of hydrogen-bond acceptors (Lipinski definition) is 6. The third-order valence-corrected chi connectivity index (χ3v) is 5.96. The van der Waals surface area contributed by atoms with E-state index in [0.29, 0.717) is 33.9 Å². The average molecular weight is 483 g/mol. The number of aliphatic hydroxyl groups is 1. The monoisotopic (exact) mass is 482 g/mol. The van der Waals surface area contributed by atoms with Gasteiger partial charge in [0.2, 0.25) is 0 Å². The van der Waals surface area contributed by atoms with Crippen molar-refractivity contribution in [2.75, 3.05) is 12.0 Å². The van der Waals surface area contributed by atoms with E-state index in [2.05, 4.69) is 0 Å². The van der Waals surface area contributed by atoms with Crippen LogP contribution < -0.4 is 14.4 Å². The highest BCUT2D eigenvalue weighted by Crippen LogP contribution is 2.45. The molecule has 0 spiro atoms. The number of ketones is 1. The molecule has 0 saturated carbocycles. The number of Topliss-reactive ketones (excluding diaryl/α,β-unsaturated/α-hetero) is 1. The van der Waals surface area contributed by atoms with E-state index in [4.69, 9.17) is 14.7 Å². The van der Waals surface area contributed by atoms with Gasteiger partial charge in [0.15, 0.2) is 0 Å². The zero-order valence-corrected chi connectivity index (χ0v) is 20.5. The Kier molecular flexibility index (Phi) is 6.80. The molecule has 1 aliphatic heterocycles. The number of anilines is 1. The molecule has 0 aliphatic carbocycles. The average Bonchev–Trinajstić information content (AvgIpc) is 3.14. The van der Waals surface area contributed by atoms with E-state index in [-0.39, 0.29) is 17.4 Å². The van der Waals surface area contributed by atoms with Crippen LogP contribution in [0.25, 0.3) is 5.76 Å². The fourth-order valence-corrected chi connectivity index (χ4v) is 4.32. The van der Waals surface area contributed by atoms with Gasteiger partial charge in [0.25, 0.3) is 11.7 Å². The van der Waals surface area contributed by atoms with Gasteiger partial charge in [-0.15, -0.1) is 0 Å². The van der Waals surface area contributed by atoms with Gasteiger partial charge in [-0.2, -0.15) is 5.26 Å². The SMILES string of the molecule is COc1ccccc1C1/C(=C(\O)c2ccc(OC(C)C)c(C)c2)C(=O)C(=O)N1c1ccc(C#N)cc1. The number of nitriles is 1. The third-order valence-electron chi connectivity index (χ3n) is 5.96. The standard InChI is InChI=1S/C29H26N2O5/c1-17(2)36-23-14-11-20(15-18(23)3)27(32)25-26(22-7-5-6-8-24(22)35-4)31(29(34)28(25)33)21-12-9-19(16-30)10-13-21/h5-15,17,26,32H,1-4H3/b27-25+. The Bertz CT molecular complexity index is 1400. The van der Waals surface area contributed by atoms with Crippen molar-refractivity contribution in [3.8, 4) is 17.6 Å². The number of ether oxygens (including phenoxy) is 2. The van der Waals surface area contributed by atoms with Gasteiger partial charge in [0.1, 0.15) is 17.3 Å². The summed E-state index contributed by atoms with van der Waals surface area (Å²) in [4.78, 5) is 28.0. The molecular weight excluding hydrogens is 456 g/mol. The second-order valence-corrected chi connectivity index (χ2v) is 8.72. The maximum absolute atomic E-state index is 13.4. The number of aliphatic hydroxyl groups excluding tert-OH is 1. The van der Waals surface area contributed by atoms with Gasteiger partial charge in [-0.3, -0.25) is 14.5 Å². The van der Waals surface area contributed by atoms with Crippen LogP contribution in [0.5, 0.6) is 11.5 Å². The van der Waals surface area contributed by atoms with Crippen LogP contribution in [-0.4, -0.2) is 30.0 Å². The highest BCUT2D eigenvalue weighted by Gasteiger charge is 2.47. The van der Waals surface area contributed by atoms with Gasteiger partial charge in [-0.05, 0) is 74.9 Å². The van der Waals surface area contributed by atoms with Crippen LogP contribution in [0, 0.1) is 18.3 Å². The summed E-state index contributed by atoms with van der Waals surface area (Å²) in [6.45, 7) is 5.69. The van der Waals surface area contributed by atoms with Crippen molar-refractivity contribution in [1.82, 2.24) is 0 Å². The summed E-state index contributed by atoms with van der Waals surface area (Å²) in [6.07, 6.45) is -0.0218. The van der Waals surface area contributed by atoms with Crippen LogP contribution in [0.1, 0.15) is 42.1 Å². The van der Waals surface area contributed by atoms with E-state index >= 15 is 0 Å². The van der Waals surface area contributed by atoms with Gasteiger partial charge in [0.05, 0.1) is 36.5 Å². The van der Waals surface area contributed by atoms with Gasteiger partial charge in [0, 0.05) is 16.8 Å². The lowest BCUT2D eigenvalue weighted by molar-refractivity contribution is -0.132. The zero-order chi connectivity index (χ0) is 26.0. The van der Waals surface area contributed by atoms with Gasteiger partial charge < -0.3 is 14.6 Å². The minimum atomic E-state index is -0.944. The number of carbonyl (C=O) groups is 2. The number of hydrogen-bond donors (Lipinski definition) is 1. The second kappa shape index (κ2) is 9.96. The Morgan fingerprint density at radius 2 is 1.72 bits per heavy atom. The summed E-state index contributed by atoms with van der Waals surface area (Å²) >= 11 is 0. The summed E-state index contributed by atoms with van der Waals surface area (Å²) in [5.41, 5.74) is 2.50. The summed E-state index contributed by atoms with van der Waals surface area (Å²) in [5, 5.41) is 20.6. The number of rotatable bonds is 6. The lowest BCUT2D eigenvalue weighted by atomic mass is 9.94. The molecule has 4 rings (SSSR count). The number of para-hydroxylation sites is 1. The summed E-state index contributed by atoms with van der Waals surface area (Å²) < 4.78 is 11.3. The molecule has 3 aromatic rings. The van der Waals surface area contributed by atoms with Crippen molar-refractivity contribution in [3.63, 3.8) is 0 Å². The van der Waals surface area contributed by atoms with Crippen LogP contribution in [0.2, 0.25) is 0 Å². The highest BCUT2D eigenvalue weighted by molar-refractivity contribution is 6.51. The maximum atomic E-state index is 13.4. The fourth-order valence-electron chi connectivity index (χ4n) is 4.32. The molecule has 1 aliphatic rings. The topological polar surface area (TPSA) is 99.9 Å². The number of carbonyl (C=O) groups excluding carboxylic acids is 2. The lowest BCUT2D eigenvalue weighted by Crippen LogP contribution is -2.29. The molecule has 3 aromatic carbocycles. The van der Waals surface area contributed by atoms with E-state index in [0.717, 1.165) is 5.56 Å². The van der Waals surface area contributed by atoms with Crippen molar-refractivity contribution < 1.29 is 24.2 Å². The molecule has 7 heteroatoms. The predicted octanol–water partition coefficient (Wildman–Crippen LogP) is 5.29. The molecule has 1 heterocycles. The maximum Gasteiger partial charge on any atom is 0.300 e. The molecule has 1 saturated heterocycles. The Morgan fingerprint density at radius 1 is 1.03 bits per heavy atom. The normalized spacial score (nSPS) is 16.8. The molecule has 0 radical (unpaired) electrons. The van der Waals surface area contributed by atoms with Crippen LogP contribution in [0.4, 0.5) is 5.69 Å². The fraction of sp³-hybridized carbons (Fsp3) is 0.207. The molecule has 1 fully saturated rings. The minimum Gasteiger partial charge on any atom is -0.507 e. The molecule has 1 atom stereocenters. The van der Waals surface area contributed by atoms with Crippen molar-refractivity contribution in [1.29, 1.82) is 5.26 Å². The number of aryl methyl sites for hydroxylation is 1. The lowest BCUT2D eigenvalue weighted by Gasteiger charge is -2.26. The van der Waals surface area contributed by atoms with Gasteiger partial charge in [-0.25, -0.2) is 0 Å². The first-order valence-corrected chi connectivity index (χ1v) is 11.5. The van der Waals surface area contributed by atoms with E-state index in [9.17, 15) is 14.7 Å². The molecule has 0 aromatic heterocycles. The van der Waals surface area contributed by atoms with Crippen molar-refractivity contribution in [2.24, 2.45) is 0 Å². The first-order chi connectivity index (χ1) is 17.3. The van der Waals surface area contributed by atoms with Crippen LogP contribution in [-0.2, 0) is 9.59 Å². The Hall–Kier alpha value is -4.57. The first kappa shape index (κ1) is 24.6. The molecular formula is C29H26N2O5. The van der Waals surface area contributed by atoms with E-state index in [1.54, 1.807) is 66.7 Å². The number of amides is 1.